The first kappa shape index (κ1) is 19.2. The molecule has 24 heavy (non-hydrogen) atoms. The fraction of sp³-hybridized carbons (Fsp3) is 0.750. The van der Waals surface area contributed by atoms with Gasteiger partial charge in [-0.3, -0.25) is 5.32 Å². The highest BCUT2D eigenvalue weighted by molar-refractivity contribution is 7.90. The summed E-state index contributed by atoms with van der Waals surface area (Å²) >= 11 is 1.56. The second-order valence-corrected chi connectivity index (χ2v) is 10.6. The lowest BCUT2D eigenvalue weighted by atomic mass is 9.90. The third kappa shape index (κ3) is 6.39. The van der Waals surface area contributed by atoms with E-state index in [1.54, 1.807) is 11.3 Å². The highest BCUT2D eigenvalue weighted by atomic mass is 32.2. The molecule has 1 aromatic rings. The van der Waals surface area contributed by atoms with E-state index < -0.39 is 9.84 Å². The van der Waals surface area contributed by atoms with Crippen LogP contribution >= 0.6 is 11.3 Å². The summed E-state index contributed by atoms with van der Waals surface area (Å²) in [7, 11) is -2.99. The van der Waals surface area contributed by atoms with Crippen molar-refractivity contribution in [2.45, 2.75) is 52.4 Å². The van der Waals surface area contributed by atoms with Crippen LogP contribution in [0.15, 0.2) is 0 Å². The van der Waals surface area contributed by atoms with Gasteiger partial charge in [0.05, 0.1) is 11.4 Å². The first-order valence-corrected chi connectivity index (χ1v) is 11.2. The third-order valence-corrected chi connectivity index (χ3v) is 6.21. The van der Waals surface area contributed by atoms with Gasteiger partial charge in [0.1, 0.15) is 9.84 Å². The van der Waals surface area contributed by atoms with Crippen LogP contribution < -0.4 is 10.6 Å². The number of carbonyl (C=O) groups is 1. The Morgan fingerprint density at radius 3 is 2.67 bits per heavy atom. The fourth-order valence-corrected chi connectivity index (χ4v) is 4.56. The van der Waals surface area contributed by atoms with Crippen molar-refractivity contribution in [1.82, 2.24) is 10.3 Å². The Bertz CT molecular complexity index is 657. The fourth-order valence-electron chi connectivity index (χ4n) is 2.59. The number of carbonyl (C=O) groups excluding carboxylic acids is 1. The van der Waals surface area contributed by atoms with Gasteiger partial charge in [-0.2, -0.15) is 0 Å². The van der Waals surface area contributed by atoms with Crippen molar-refractivity contribution in [3.63, 3.8) is 0 Å². The summed E-state index contributed by atoms with van der Waals surface area (Å²) in [6.45, 7) is 4.31. The molecule has 0 atom stereocenters. The molecule has 1 aromatic heterocycles. The number of aromatic nitrogens is 1. The van der Waals surface area contributed by atoms with E-state index in [-0.39, 0.29) is 17.2 Å². The molecule has 0 bridgehead atoms. The number of fused-ring (bicyclic) bond motifs is 1. The van der Waals surface area contributed by atoms with Crippen LogP contribution in [-0.2, 0) is 22.7 Å². The lowest BCUT2D eigenvalue weighted by molar-refractivity contribution is 0.244. The topological polar surface area (TPSA) is 88.2 Å². The molecule has 0 spiro atoms. The van der Waals surface area contributed by atoms with Crippen molar-refractivity contribution < 1.29 is 13.2 Å². The largest absolute Gasteiger partial charge is 0.337 e. The van der Waals surface area contributed by atoms with E-state index in [4.69, 9.17) is 0 Å². The minimum absolute atomic E-state index is 0.127. The van der Waals surface area contributed by atoms with Gasteiger partial charge in [-0.05, 0) is 37.5 Å². The van der Waals surface area contributed by atoms with Gasteiger partial charge in [-0.25, -0.2) is 18.2 Å². The number of urea groups is 1. The summed E-state index contributed by atoms with van der Waals surface area (Å²) < 4.78 is 22.5. The number of nitrogens with zero attached hydrogens (tertiary/aromatic N) is 1. The van der Waals surface area contributed by atoms with Crippen LogP contribution in [0.5, 0.6) is 0 Å². The van der Waals surface area contributed by atoms with Crippen LogP contribution in [0.1, 0.15) is 50.1 Å². The zero-order chi connectivity index (χ0) is 17.8. The number of rotatable bonds is 6. The number of sulfone groups is 1. The SMILES string of the molecule is CC(C)(CCS(C)(=O)=O)CNC(=O)Nc1nc2c(s1)CCCCC2. The smallest absolute Gasteiger partial charge is 0.321 e. The number of amides is 2. The summed E-state index contributed by atoms with van der Waals surface area (Å²) in [5, 5.41) is 6.27. The summed E-state index contributed by atoms with van der Waals surface area (Å²) in [5.41, 5.74) is 0.849. The Hall–Kier alpha value is -1.15. The normalized spacial score (nSPS) is 15.5. The molecule has 0 unspecified atom stereocenters. The molecule has 6 nitrogen and oxygen atoms in total. The monoisotopic (exact) mass is 373 g/mol. The minimum atomic E-state index is -2.99. The zero-order valence-electron chi connectivity index (χ0n) is 14.6. The molecule has 0 aliphatic heterocycles. The molecule has 0 aromatic carbocycles. The van der Waals surface area contributed by atoms with E-state index in [9.17, 15) is 13.2 Å². The average Bonchev–Trinajstić information content (AvgIpc) is 2.71. The van der Waals surface area contributed by atoms with Gasteiger partial charge in [-0.1, -0.05) is 20.3 Å². The Balaban J connectivity index is 1.83. The molecule has 2 rings (SSSR count). The Morgan fingerprint density at radius 1 is 1.25 bits per heavy atom. The van der Waals surface area contributed by atoms with Gasteiger partial charge in [-0.15, -0.1) is 11.3 Å². The molecule has 2 amide bonds. The number of hydrogen-bond acceptors (Lipinski definition) is 5. The average molecular weight is 374 g/mol. The van der Waals surface area contributed by atoms with E-state index in [1.807, 2.05) is 13.8 Å². The predicted molar refractivity (Wildman–Crippen MR) is 98.5 cm³/mol. The molecule has 0 radical (unpaired) electrons. The first-order valence-electron chi connectivity index (χ1n) is 8.36. The van der Waals surface area contributed by atoms with Crippen LogP contribution in [0.4, 0.5) is 9.93 Å². The van der Waals surface area contributed by atoms with Gasteiger partial charge in [0.25, 0.3) is 0 Å². The number of hydrogen-bond donors (Lipinski definition) is 2. The molecule has 0 fully saturated rings. The molecule has 136 valence electrons. The van der Waals surface area contributed by atoms with Crippen molar-refractivity contribution in [3.8, 4) is 0 Å². The lowest BCUT2D eigenvalue weighted by Gasteiger charge is -2.24. The van der Waals surface area contributed by atoms with Gasteiger partial charge in [0.2, 0.25) is 0 Å². The van der Waals surface area contributed by atoms with Crippen LogP contribution in [-0.4, -0.2) is 38.0 Å². The Labute approximate surface area is 148 Å². The van der Waals surface area contributed by atoms with E-state index >= 15 is 0 Å². The second-order valence-electron chi connectivity index (χ2n) is 7.30. The molecule has 0 saturated heterocycles. The van der Waals surface area contributed by atoms with Gasteiger partial charge >= 0.3 is 6.03 Å². The molecule has 1 heterocycles. The van der Waals surface area contributed by atoms with E-state index in [0.717, 1.165) is 25.0 Å². The zero-order valence-corrected chi connectivity index (χ0v) is 16.3. The summed E-state index contributed by atoms with van der Waals surface area (Å²) in [4.78, 5) is 17.9. The van der Waals surface area contributed by atoms with Gasteiger partial charge in [0, 0.05) is 17.7 Å². The Morgan fingerprint density at radius 2 is 1.96 bits per heavy atom. The quantitative estimate of drug-likeness (QED) is 0.750. The molecular weight excluding hydrogens is 346 g/mol. The van der Waals surface area contributed by atoms with Gasteiger partial charge in [0.15, 0.2) is 5.13 Å². The van der Waals surface area contributed by atoms with E-state index in [2.05, 4.69) is 15.6 Å². The number of nitrogens with one attached hydrogen (secondary N) is 2. The maximum Gasteiger partial charge on any atom is 0.321 e. The van der Waals surface area contributed by atoms with Crippen molar-refractivity contribution >= 4 is 32.3 Å². The van der Waals surface area contributed by atoms with Crippen LogP contribution in [0, 0.1) is 5.41 Å². The van der Waals surface area contributed by atoms with Crippen molar-refractivity contribution in [1.29, 1.82) is 0 Å². The predicted octanol–water partition coefficient (Wildman–Crippen LogP) is 2.99. The maximum atomic E-state index is 12.1. The molecule has 2 N–H and O–H groups in total. The molecule has 1 aliphatic rings. The molecular formula is C16H27N3O3S2. The third-order valence-electron chi connectivity index (χ3n) is 4.19. The van der Waals surface area contributed by atoms with Gasteiger partial charge < -0.3 is 5.32 Å². The second kappa shape index (κ2) is 7.82. The standard InChI is InChI=1S/C16H27N3O3S2/c1-16(2,9-10-24(3,21)22)11-17-14(20)19-15-18-12-7-5-4-6-8-13(12)23-15/h4-11H2,1-3H3,(H2,17,18,19,20). The highest BCUT2D eigenvalue weighted by Crippen LogP contribution is 2.28. The number of anilines is 1. The van der Waals surface area contributed by atoms with E-state index in [1.165, 1.54) is 24.0 Å². The van der Waals surface area contributed by atoms with Crippen molar-refractivity contribution in [2.24, 2.45) is 5.41 Å². The lowest BCUT2D eigenvalue weighted by Crippen LogP contribution is -2.37. The van der Waals surface area contributed by atoms with E-state index in [0.29, 0.717) is 18.1 Å². The summed E-state index contributed by atoms with van der Waals surface area (Å²) in [6, 6.07) is -0.286. The highest BCUT2D eigenvalue weighted by Gasteiger charge is 2.21. The Kier molecular flexibility index (Phi) is 6.25. The summed E-state index contributed by atoms with van der Waals surface area (Å²) in [5.74, 6) is 0.127. The summed E-state index contributed by atoms with van der Waals surface area (Å²) in [6.07, 6.45) is 7.39. The molecule has 1 aliphatic carbocycles. The van der Waals surface area contributed by atoms with Crippen LogP contribution in [0.25, 0.3) is 0 Å². The first-order chi connectivity index (χ1) is 11.1. The van der Waals surface area contributed by atoms with Crippen molar-refractivity contribution in [2.75, 3.05) is 23.9 Å². The maximum absolute atomic E-state index is 12.1. The number of thiazole rings is 1. The van der Waals surface area contributed by atoms with Crippen LogP contribution in [0.2, 0.25) is 0 Å². The number of aryl methyl sites for hydroxylation is 2. The van der Waals surface area contributed by atoms with Crippen LogP contribution in [0.3, 0.4) is 0 Å². The molecule has 0 saturated carbocycles. The van der Waals surface area contributed by atoms with Crippen molar-refractivity contribution in [3.05, 3.63) is 10.6 Å². The molecule has 8 heteroatoms. The minimum Gasteiger partial charge on any atom is -0.337 e.